The molecule has 0 spiro atoms. The van der Waals surface area contributed by atoms with Crippen molar-refractivity contribution in [1.29, 1.82) is 0 Å². The van der Waals surface area contributed by atoms with E-state index in [-0.39, 0.29) is 0 Å². The number of nitrogens with zero attached hydrogens (tertiary/aromatic N) is 2. The summed E-state index contributed by atoms with van der Waals surface area (Å²) in [7, 11) is 3.77. The van der Waals surface area contributed by atoms with E-state index >= 15 is 0 Å². The molecule has 0 N–H and O–H groups in total. The van der Waals surface area contributed by atoms with E-state index in [0.717, 1.165) is 31.1 Å². The Bertz CT molecular complexity index is 755. The van der Waals surface area contributed by atoms with E-state index in [1.807, 2.05) is 18.2 Å². The van der Waals surface area contributed by atoms with Crippen LogP contribution in [-0.2, 0) is 0 Å². The first kappa shape index (κ1) is 14.6. The minimum absolute atomic E-state index is 0.872. The Kier molecular flexibility index (Phi) is 4.30. The van der Waals surface area contributed by atoms with Gasteiger partial charge in [-0.3, -0.25) is 0 Å². The monoisotopic (exact) mass is 410 g/mol. The highest BCUT2D eigenvalue weighted by molar-refractivity contribution is 14.1. The molecule has 108 valence electrons. The fraction of sp³-hybridized carbons (Fsp3) is 0.188. The van der Waals surface area contributed by atoms with E-state index in [0.29, 0.717) is 0 Å². The highest BCUT2D eigenvalue weighted by Gasteiger charge is 2.08. The molecule has 1 aromatic heterocycles. The molecule has 5 heteroatoms. The molecule has 3 aromatic rings. The van der Waals surface area contributed by atoms with Crippen LogP contribution in [0.5, 0.6) is 5.75 Å². The zero-order chi connectivity index (χ0) is 14.8. The molecule has 3 nitrogen and oxygen atoms in total. The molecular formula is C16H15IN2OS. The average molecular weight is 410 g/mol. The maximum Gasteiger partial charge on any atom is 0.124 e. The van der Waals surface area contributed by atoms with Crippen LogP contribution in [0.4, 0.5) is 5.69 Å². The lowest BCUT2D eigenvalue weighted by atomic mass is 10.2. The number of anilines is 1. The Hall–Kier alpha value is -1.34. The summed E-state index contributed by atoms with van der Waals surface area (Å²) in [5.74, 6) is 0.872. The highest BCUT2D eigenvalue weighted by atomic mass is 127. The third-order valence-corrected chi connectivity index (χ3v) is 5.42. The summed E-state index contributed by atoms with van der Waals surface area (Å²) in [6, 6.07) is 14.5. The van der Waals surface area contributed by atoms with Gasteiger partial charge in [0, 0.05) is 18.3 Å². The molecule has 0 amide bonds. The van der Waals surface area contributed by atoms with E-state index in [1.165, 1.54) is 5.69 Å². The van der Waals surface area contributed by atoms with Crippen LogP contribution in [-0.4, -0.2) is 23.7 Å². The molecule has 2 aromatic carbocycles. The molecule has 0 saturated heterocycles. The smallest absolute Gasteiger partial charge is 0.124 e. The van der Waals surface area contributed by atoms with Gasteiger partial charge in [0.05, 0.1) is 21.9 Å². The molecule has 0 bridgehead atoms. The van der Waals surface area contributed by atoms with Crippen molar-refractivity contribution in [3.8, 4) is 16.3 Å². The third-order valence-electron chi connectivity index (χ3n) is 3.33. The van der Waals surface area contributed by atoms with Crippen LogP contribution in [0, 0.1) is 0 Å². The molecule has 0 aliphatic rings. The van der Waals surface area contributed by atoms with Gasteiger partial charge >= 0.3 is 0 Å². The zero-order valence-corrected chi connectivity index (χ0v) is 14.8. The summed E-state index contributed by atoms with van der Waals surface area (Å²) in [5, 5.41) is 1.04. The second-order valence-corrected chi connectivity index (χ2v) is 6.43. The van der Waals surface area contributed by atoms with Gasteiger partial charge in [0.15, 0.2) is 0 Å². The number of aromatic nitrogens is 1. The average Bonchev–Trinajstić information content (AvgIpc) is 2.97. The summed E-state index contributed by atoms with van der Waals surface area (Å²) in [6.07, 6.45) is 0. The largest absolute Gasteiger partial charge is 0.497 e. The fourth-order valence-electron chi connectivity index (χ4n) is 2.08. The van der Waals surface area contributed by atoms with Crippen LogP contribution < -0.4 is 9.64 Å². The van der Waals surface area contributed by atoms with Crippen molar-refractivity contribution in [1.82, 2.24) is 4.98 Å². The van der Waals surface area contributed by atoms with Crippen molar-refractivity contribution in [2.24, 2.45) is 0 Å². The Balaban J connectivity index is 1.96. The summed E-state index contributed by atoms with van der Waals surface area (Å²) >= 11 is 4.05. The number of hydrogen-bond acceptors (Lipinski definition) is 4. The van der Waals surface area contributed by atoms with E-state index in [1.54, 1.807) is 18.4 Å². The van der Waals surface area contributed by atoms with Crippen LogP contribution in [0.25, 0.3) is 20.8 Å². The molecule has 0 aliphatic carbocycles. The minimum Gasteiger partial charge on any atom is -0.497 e. The van der Waals surface area contributed by atoms with Crippen molar-refractivity contribution in [2.45, 2.75) is 0 Å². The standard InChI is InChI=1S/C16H15IN2OS/c1-19(10-17)12-5-3-11(4-6-12)16-18-14-8-7-13(20-2)9-15(14)21-16/h3-9H,10H2,1-2H3. The van der Waals surface area contributed by atoms with Gasteiger partial charge in [-0.25, -0.2) is 4.98 Å². The number of rotatable bonds is 4. The topological polar surface area (TPSA) is 25.4 Å². The van der Waals surface area contributed by atoms with Gasteiger partial charge in [-0.15, -0.1) is 11.3 Å². The number of halogens is 1. The SMILES string of the molecule is COc1ccc2nc(-c3ccc(N(C)CI)cc3)sc2c1. The Morgan fingerprint density at radius 3 is 2.62 bits per heavy atom. The Morgan fingerprint density at radius 2 is 1.95 bits per heavy atom. The van der Waals surface area contributed by atoms with Crippen LogP contribution in [0.2, 0.25) is 0 Å². The molecule has 0 fully saturated rings. The third kappa shape index (κ3) is 2.98. The van der Waals surface area contributed by atoms with Crippen molar-refractivity contribution >= 4 is 49.8 Å². The number of alkyl halides is 1. The van der Waals surface area contributed by atoms with Crippen molar-refractivity contribution < 1.29 is 4.74 Å². The molecule has 3 rings (SSSR count). The van der Waals surface area contributed by atoms with Crippen molar-refractivity contribution in [3.63, 3.8) is 0 Å². The minimum atomic E-state index is 0.872. The lowest BCUT2D eigenvalue weighted by Crippen LogP contribution is -2.13. The number of ether oxygens (including phenoxy) is 1. The molecule has 0 unspecified atom stereocenters. The molecule has 0 aliphatic heterocycles. The number of thiazole rings is 1. The summed E-state index contributed by atoms with van der Waals surface area (Å²) in [6.45, 7) is 0. The molecule has 0 saturated carbocycles. The number of methoxy groups -OCH3 is 1. The second-order valence-electron chi connectivity index (χ2n) is 4.72. The van der Waals surface area contributed by atoms with Crippen LogP contribution in [0.3, 0.4) is 0 Å². The first-order valence-electron chi connectivity index (χ1n) is 6.53. The van der Waals surface area contributed by atoms with E-state index < -0.39 is 0 Å². The van der Waals surface area contributed by atoms with Crippen LogP contribution in [0.15, 0.2) is 42.5 Å². The molecule has 0 radical (unpaired) electrons. The second kappa shape index (κ2) is 6.19. The van der Waals surface area contributed by atoms with Gasteiger partial charge in [-0.05, 0) is 42.5 Å². The zero-order valence-electron chi connectivity index (χ0n) is 11.8. The lowest BCUT2D eigenvalue weighted by Gasteiger charge is -2.15. The Labute approximate surface area is 141 Å². The van der Waals surface area contributed by atoms with Gasteiger partial charge in [0.1, 0.15) is 10.8 Å². The van der Waals surface area contributed by atoms with Crippen LogP contribution >= 0.6 is 33.9 Å². The van der Waals surface area contributed by atoms with E-state index in [2.05, 4.69) is 58.8 Å². The van der Waals surface area contributed by atoms with Gasteiger partial charge in [0.25, 0.3) is 0 Å². The fourth-order valence-corrected chi connectivity index (χ4v) is 3.48. The van der Waals surface area contributed by atoms with Gasteiger partial charge in [-0.2, -0.15) is 0 Å². The number of fused-ring (bicyclic) bond motifs is 1. The molecular weight excluding hydrogens is 395 g/mol. The van der Waals surface area contributed by atoms with E-state index in [4.69, 9.17) is 9.72 Å². The van der Waals surface area contributed by atoms with Crippen LogP contribution in [0.1, 0.15) is 0 Å². The maximum absolute atomic E-state index is 5.26. The number of benzene rings is 2. The number of hydrogen-bond donors (Lipinski definition) is 0. The normalized spacial score (nSPS) is 10.8. The summed E-state index contributed by atoms with van der Waals surface area (Å²) < 4.78 is 7.39. The first-order valence-corrected chi connectivity index (χ1v) is 8.87. The van der Waals surface area contributed by atoms with Crippen molar-refractivity contribution in [3.05, 3.63) is 42.5 Å². The predicted molar refractivity (Wildman–Crippen MR) is 98.9 cm³/mol. The molecule has 1 heterocycles. The summed E-state index contributed by atoms with van der Waals surface area (Å²) in [5.41, 5.74) is 3.39. The van der Waals surface area contributed by atoms with Gasteiger partial charge in [0.2, 0.25) is 0 Å². The summed E-state index contributed by atoms with van der Waals surface area (Å²) in [4.78, 5) is 6.90. The van der Waals surface area contributed by atoms with Crippen molar-refractivity contribution in [2.75, 3.05) is 23.6 Å². The predicted octanol–water partition coefficient (Wildman–Crippen LogP) is 4.80. The van der Waals surface area contributed by atoms with Gasteiger partial charge < -0.3 is 9.64 Å². The quantitative estimate of drug-likeness (QED) is 0.351. The molecule has 0 atom stereocenters. The maximum atomic E-state index is 5.26. The Morgan fingerprint density at radius 1 is 1.19 bits per heavy atom. The van der Waals surface area contributed by atoms with E-state index in [9.17, 15) is 0 Å². The lowest BCUT2D eigenvalue weighted by molar-refractivity contribution is 0.415. The first-order chi connectivity index (χ1) is 10.2. The highest BCUT2D eigenvalue weighted by Crippen LogP contribution is 2.33. The van der Waals surface area contributed by atoms with Gasteiger partial charge in [-0.1, -0.05) is 22.6 Å². The molecule has 21 heavy (non-hydrogen) atoms.